The van der Waals surface area contributed by atoms with E-state index in [0.29, 0.717) is 29.0 Å². The number of rotatable bonds is 4. The molecule has 0 saturated heterocycles. The van der Waals surface area contributed by atoms with Gasteiger partial charge in [-0.3, -0.25) is 9.59 Å². The summed E-state index contributed by atoms with van der Waals surface area (Å²) in [5.41, 5.74) is 0.473. The van der Waals surface area contributed by atoms with Gasteiger partial charge in [0.25, 0.3) is 5.91 Å². The first-order valence-electron chi connectivity index (χ1n) is 7.43. The lowest BCUT2D eigenvalue weighted by Gasteiger charge is -2.08. The van der Waals surface area contributed by atoms with Gasteiger partial charge in [-0.05, 0) is 49.4 Å². The maximum absolute atomic E-state index is 14.1. The largest absolute Gasteiger partial charge is 0.494 e. The van der Waals surface area contributed by atoms with Crippen molar-refractivity contribution in [2.75, 3.05) is 11.9 Å². The molecule has 0 bridgehead atoms. The fourth-order valence-electron chi connectivity index (χ4n) is 2.37. The molecule has 0 spiro atoms. The number of carbonyl (C=O) groups is 1. The van der Waals surface area contributed by atoms with Gasteiger partial charge in [-0.15, -0.1) is 0 Å². The minimum absolute atomic E-state index is 0.113. The Labute approximate surface area is 137 Å². The van der Waals surface area contributed by atoms with Crippen LogP contribution in [-0.4, -0.2) is 17.5 Å². The molecule has 0 atom stereocenters. The van der Waals surface area contributed by atoms with E-state index in [1.807, 2.05) is 6.92 Å². The number of ether oxygens (including phenoxy) is 1. The van der Waals surface area contributed by atoms with Gasteiger partial charge in [-0.1, -0.05) is 0 Å². The smallest absolute Gasteiger partial charge is 0.255 e. The second-order valence-corrected chi connectivity index (χ2v) is 5.16. The molecule has 6 heteroatoms. The van der Waals surface area contributed by atoms with E-state index in [1.54, 1.807) is 30.3 Å². The lowest BCUT2D eigenvalue weighted by atomic mass is 10.1. The highest BCUT2D eigenvalue weighted by atomic mass is 19.1. The quantitative estimate of drug-likeness (QED) is 0.772. The van der Waals surface area contributed by atoms with Gasteiger partial charge in [0, 0.05) is 22.7 Å². The van der Waals surface area contributed by atoms with Crippen LogP contribution in [0.15, 0.2) is 53.3 Å². The number of hydrogen-bond acceptors (Lipinski definition) is 3. The number of carbonyl (C=O) groups excluding carboxylic acids is 1. The molecular weight excluding hydrogens is 311 g/mol. The van der Waals surface area contributed by atoms with Crippen LogP contribution in [0.4, 0.5) is 10.1 Å². The predicted molar refractivity (Wildman–Crippen MR) is 90.1 cm³/mol. The van der Waals surface area contributed by atoms with Crippen LogP contribution in [0.1, 0.15) is 17.3 Å². The van der Waals surface area contributed by atoms with Crippen molar-refractivity contribution in [3.05, 3.63) is 70.3 Å². The minimum atomic E-state index is -0.604. The first kappa shape index (κ1) is 15.7. The van der Waals surface area contributed by atoms with Crippen LogP contribution in [0.3, 0.4) is 0 Å². The summed E-state index contributed by atoms with van der Waals surface area (Å²) in [5.74, 6) is -0.289. The van der Waals surface area contributed by atoms with Crippen molar-refractivity contribution >= 4 is 22.5 Å². The van der Waals surface area contributed by atoms with E-state index >= 15 is 0 Å². The van der Waals surface area contributed by atoms with Crippen molar-refractivity contribution in [3.8, 4) is 5.75 Å². The molecule has 3 rings (SSSR count). The number of aromatic amines is 1. The normalized spacial score (nSPS) is 10.6. The van der Waals surface area contributed by atoms with Crippen molar-refractivity contribution in [3.63, 3.8) is 0 Å². The third-order valence-electron chi connectivity index (χ3n) is 3.47. The highest BCUT2D eigenvalue weighted by Gasteiger charge is 2.10. The minimum Gasteiger partial charge on any atom is -0.494 e. The van der Waals surface area contributed by atoms with Gasteiger partial charge < -0.3 is 15.0 Å². The summed E-state index contributed by atoms with van der Waals surface area (Å²) in [7, 11) is 0. The van der Waals surface area contributed by atoms with Gasteiger partial charge in [0.2, 0.25) is 5.56 Å². The Hall–Kier alpha value is -3.15. The third-order valence-corrected chi connectivity index (χ3v) is 3.47. The number of benzene rings is 2. The average molecular weight is 326 g/mol. The van der Waals surface area contributed by atoms with Crippen LogP contribution in [0, 0.1) is 5.82 Å². The van der Waals surface area contributed by atoms with Crippen molar-refractivity contribution in [2.45, 2.75) is 6.92 Å². The number of hydrogen-bond donors (Lipinski definition) is 2. The van der Waals surface area contributed by atoms with Gasteiger partial charge in [0.1, 0.15) is 11.6 Å². The predicted octanol–water partition coefficient (Wildman–Crippen LogP) is 3.32. The molecule has 0 aliphatic heterocycles. The second-order valence-electron chi connectivity index (χ2n) is 5.16. The van der Waals surface area contributed by atoms with Crippen LogP contribution < -0.4 is 15.6 Å². The van der Waals surface area contributed by atoms with Gasteiger partial charge in [-0.2, -0.15) is 0 Å². The van der Waals surface area contributed by atoms with Gasteiger partial charge in [-0.25, -0.2) is 4.39 Å². The standard InChI is InChI=1S/C18H15FN2O3/c1-2-24-14-6-3-11(4-7-14)18(23)20-13-9-12-5-8-16(22)21-17(12)15(19)10-13/h3-10H,2H2,1H3,(H,20,23)(H,21,22). The van der Waals surface area contributed by atoms with Gasteiger partial charge >= 0.3 is 0 Å². The first-order valence-corrected chi connectivity index (χ1v) is 7.43. The Bertz CT molecular complexity index is 949. The molecule has 1 aromatic heterocycles. The Kier molecular flexibility index (Phi) is 4.29. The van der Waals surface area contributed by atoms with E-state index in [-0.39, 0.29) is 17.0 Å². The summed E-state index contributed by atoms with van der Waals surface area (Å²) in [6.45, 7) is 2.42. The number of anilines is 1. The second kappa shape index (κ2) is 6.54. The summed E-state index contributed by atoms with van der Waals surface area (Å²) < 4.78 is 19.4. The van der Waals surface area contributed by atoms with E-state index in [4.69, 9.17) is 4.74 Å². The monoisotopic (exact) mass is 326 g/mol. The molecule has 1 heterocycles. The summed E-state index contributed by atoms with van der Waals surface area (Å²) >= 11 is 0. The Morgan fingerprint density at radius 1 is 1.17 bits per heavy atom. The van der Waals surface area contributed by atoms with Crippen molar-refractivity contribution in [1.29, 1.82) is 0 Å². The maximum Gasteiger partial charge on any atom is 0.255 e. The molecule has 5 nitrogen and oxygen atoms in total. The molecule has 2 N–H and O–H groups in total. The van der Waals surface area contributed by atoms with Gasteiger partial charge in [0.05, 0.1) is 12.1 Å². The number of H-pyrrole nitrogens is 1. The number of halogens is 1. The van der Waals surface area contributed by atoms with E-state index in [9.17, 15) is 14.0 Å². The van der Waals surface area contributed by atoms with Crippen molar-refractivity contribution in [2.24, 2.45) is 0 Å². The Morgan fingerprint density at radius 3 is 2.62 bits per heavy atom. The molecule has 24 heavy (non-hydrogen) atoms. The van der Waals surface area contributed by atoms with Crippen LogP contribution in [-0.2, 0) is 0 Å². The number of amides is 1. The Morgan fingerprint density at radius 2 is 1.92 bits per heavy atom. The highest BCUT2D eigenvalue weighted by Crippen LogP contribution is 2.21. The molecule has 3 aromatic rings. The molecule has 0 radical (unpaired) electrons. The fourth-order valence-corrected chi connectivity index (χ4v) is 2.37. The first-order chi connectivity index (χ1) is 11.6. The van der Waals surface area contributed by atoms with Crippen molar-refractivity contribution in [1.82, 2.24) is 4.98 Å². The van der Waals surface area contributed by atoms with E-state index in [0.717, 1.165) is 0 Å². The van der Waals surface area contributed by atoms with E-state index in [2.05, 4.69) is 10.3 Å². The zero-order valence-corrected chi connectivity index (χ0v) is 12.9. The van der Waals surface area contributed by atoms with Crippen LogP contribution in [0.2, 0.25) is 0 Å². The van der Waals surface area contributed by atoms with Crippen LogP contribution >= 0.6 is 0 Å². The zero-order valence-electron chi connectivity index (χ0n) is 12.9. The van der Waals surface area contributed by atoms with Crippen LogP contribution in [0.25, 0.3) is 10.9 Å². The molecule has 0 fully saturated rings. The van der Waals surface area contributed by atoms with Gasteiger partial charge in [0.15, 0.2) is 0 Å². The number of fused-ring (bicyclic) bond motifs is 1. The summed E-state index contributed by atoms with van der Waals surface area (Å²) in [4.78, 5) is 25.9. The summed E-state index contributed by atoms with van der Waals surface area (Å²) in [6, 6.07) is 12.2. The molecule has 0 unspecified atom stereocenters. The summed E-state index contributed by atoms with van der Waals surface area (Å²) in [6.07, 6.45) is 0. The third kappa shape index (κ3) is 3.27. The van der Waals surface area contributed by atoms with E-state index in [1.165, 1.54) is 18.2 Å². The lowest BCUT2D eigenvalue weighted by Crippen LogP contribution is -2.12. The SMILES string of the molecule is CCOc1ccc(C(=O)Nc2cc(F)c3[nH]c(=O)ccc3c2)cc1. The fraction of sp³-hybridized carbons (Fsp3) is 0.111. The van der Waals surface area contributed by atoms with Crippen LogP contribution in [0.5, 0.6) is 5.75 Å². The topological polar surface area (TPSA) is 71.2 Å². The number of aromatic nitrogens is 1. The molecule has 1 amide bonds. The van der Waals surface area contributed by atoms with Crippen molar-refractivity contribution < 1.29 is 13.9 Å². The highest BCUT2D eigenvalue weighted by molar-refractivity contribution is 6.05. The molecule has 0 aliphatic carbocycles. The Balaban J connectivity index is 1.85. The molecule has 2 aromatic carbocycles. The zero-order chi connectivity index (χ0) is 17.1. The average Bonchev–Trinajstić information content (AvgIpc) is 2.56. The van der Waals surface area contributed by atoms with E-state index < -0.39 is 5.82 Å². The summed E-state index contributed by atoms with van der Waals surface area (Å²) in [5, 5.41) is 3.14. The number of pyridine rings is 1. The molecular formula is C18H15FN2O3. The maximum atomic E-state index is 14.1. The number of nitrogens with one attached hydrogen (secondary N) is 2. The molecule has 0 aliphatic rings. The molecule has 0 saturated carbocycles. The molecule has 122 valence electrons. The lowest BCUT2D eigenvalue weighted by molar-refractivity contribution is 0.102.